The predicted octanol–water partition coefficient (Wildman–Crippen LogP) is 5.21. The Labute approximate surface area is 323 Å². The number of aryl methyl sites for hydroxylation is 1. The first-order chi connectivity index (χ1) is 25.9. The van der Waals surface area contributed by atoms with Crippen molar-refractivity contribution in [1.29, 1.82) is 0 Å². The number of allylic oxidation sites excluding steroid dienone is 1. The van der Waals surface area contributed by atoms with Crippen molar-refractivity contribution < 1.29 is 27.8 Å². The van der Waals surface area contributed by atoms with E-state index < -0.39 is 26.8 Å². The summed E-state index contributed by atoms with van der Waals surface area (Å²) in [5.41, 5.74) is 2.03. The van der Waals surface area contributed by atoms with E-state index >= 15 is 0 Å². The maximum absolute atomic E-state index is 13.6. The number of β-amino-alcohol motifs (C(OH)–C–C–N with tert-alkyl or cyclic N) is 1. The van der Waals surface area contributed by atoms with E-state index in [9.17, 15) is 18.3 Å². The summed E-state index contributed by atoms with van der Waals surface area (Å²) in [5.74, 6) is -0.174. The molecule has 4 heterocycles. The molecule has 1 amide bonds. The Bertz CT molecular complexity index is 1990. The minimum atomic E-state index is -4.01. The van der Waals surface area contributed by atoms with Crippen molar-refractivity contribution in [3.05, 3.63) is 89.0 Å². The fourth-order valence-corrected chi connectivity index (χ4v) is 11.1. The van der Waals surface area contributed by atoms with Gasteiger partial charge in [0.05, 0.1) is 48.7 Å². The van der Waals surface area contributed by atoms with Crippen LogP contribution < -0.4 is 14.4 Å². The SMILES string of the molecule is C[C@@H]1[C@@H](C)CC=C[C@@](O)(CN2CCOC[C@@H]2Cn2ccnc2)[C@@H]2CC[C@H]2CN2C[C@@]3(CCCc4cc(Cl)ccc43)COc3ccc(cc32)C(=O)NS1(=O)=O. The molecule has 3 aliphatic heterocycles. The second-order valence-corrected chi connectivity index (χ2v) is 19.0. The molecular weight excluding hydrogens is 726 g/mol. The van der Waals surface area contributed by atoms with E-state index in [1.54, 1.807) is 31.3 Å². The molecule has 290 valence electrons. The van der Waals surface area contributed by atoms with Crippen molar-refractivity contribution >= 4 is 33.2 Å². The average molecular weight is 778 g/mol. The molecule has 13 heteroatoms. The van der Waals surface area contributed by atoms with E-state index in [-0.39, 0.29) is 34.8 Å². The lowest BCUT2D eigenvalue weighted by Gasteiger charge is -2.51. The summed E-state index contributed by atoms with van der Waals surface area (Å²) >= 11 is 6.49. The number of halogens is 1. The minimum Gasteiger partial charge on any atom is -0.490 e. The first-order valence-corrected chi connectivity index (χ1v) is 21.4. The summed E-state index contributed by atoms with van der Waals surface area (Å²) < 4.78 is 44.2. The van der Waals surface area contributed by atoms with Crippen LogP contribution in [0.2, 0.25) is 5.02 Å². The molecule has 11 nitrogen and oxygen atoms in total. The molecule has 0 unspecified atom stereocenters. The van der Waals surface area contributed by atoms with Gasteiger partial charge >= 0.3 is 0 Å². The quantitative estimate of drug-likeness (QED) is 0.344. The Morgan fingerprint density at radius 1 is 1.15 bits per heavy atom. The topological polar surface area (TPSA) is 126 Å². The van der Waals surface area contributed by atoms with E-state index in [0.29, 0.717) is 64.7 Å². The number of aliphatic hydroxyl groups is 1. The number of carbonyl (C=O) groups is 1. The van der Waals surface area contributed by atoms with Crippen molar-refractivity contribution in [1.82, 2.24) is 19.2 Å². The Morgan fingerprint density at radius 3 is 2.81 bits per heavy atom. The molecule has 8 rings (SSSR count). The van der Waals surface area contributed by atoms with Crippen LogP contribution in [-0.2, 0) is 33.1 Å². The van der Waals surface area contributed by atoms with E-state index in [0.717, 1.165) is 42.8 Å². The average Bonchev–Trinajstić information content (AvgIpc) is 3.59. The van der Waals surface area contributed by atoms with Crippen LogP contribution in [0.1, 0.15) is 67.4 Å². The Balaban J connectivity index is 1.18. The number of hydrogen-bond acceptors (Lipinski definition) is 9. The third kappa shape index (κ3) is 7.32. The third-order valence-corrected chi connectivity index (χ3v) is 15.2. The van der Waals surface area contributed by atoms with Crippen molar-refractivity contribution in [2.24, 2.45) is 17.8 Å². The Kier molecular flexibility index (Phi) is 10.4. The lowest BCUT2D eigenvalue weighted by Crippen LogP contribution is -2.59. The van der Waals surface area contributed by atoms with Gasteiger partial charge in [-0.3, -0.25) is 9.69 Å². The van der Waals surface area contributed by atoms with E-state index in [4.69, 9.17) is 21.1 Å². The molecule has 0 radical (unpaired) electrons. The number of morpholine rings is 1. The number of imidazole rings is 1. The van der Waals surface area contributed by atoms with Crippen LogP contribution in [0.25, 0.3) is 0 Å². The zero-order chi connectivity index (χ0) is 37.7. The van der Waals surface area contributed by atoms with Gasteiger partial charge in [-0.05, 0) is 105 Å². The monoisotopic (exact) mass is 777 g/mol. The molecule has 54 heavy (non-hydrogen) atoms. The normalized spacial score (nSPS) is 32.8. The molecule has 1 spiro atoms. The van der Waals surface area contributed by atoms with Gasteiger partial charge in [-0.25, -0.2) is 18.1 Å². The fraction of sp³-hybridized carbons (Fsp3) is 0.561. The molecule has 1 saturated heterocycles. The lowest BCUT2D eigenvalue weighted by atomic mass is 9.63. The highest BCUT2D eigenvalue weighted by Crippen LogP contribution is 2.48. The Hall–Kier alpha value is -3.42. The molecule has 1 saturated carbocycles. The second kappa shape index (κ2) is 14.9. The van der Waals surface area contributed by atoms with Gasteiger partial charge in [0.1, 0.15) is 5.75 Å². The van der Waals surface area contributed by atoms with Crippen molar-refractivity contribution in [2.45, 2.75) is 81.2 Å². The second-order valence-electron chi connectivity index (χ2n) is 16.5. The van der Waals surface area contributed by atoms with Crippen LogP contribution in [0.5, 0.6) is 5.75 Å². The zero-order valence-electron chi connectivity index (χ0n) is 31.2. The molecular formula is C41H52ClN5O6S. The van der Waals surface area contributed by atoms with E-state index in [1.165, 1.54) is 11.1 Å². The highest BCUT2D eigenvalue weighted by atomic mass is 35.5. The third-order valence-electron chi connectivity index (χ3n) is 13.0. The number of aromatic nitrogens is 2. The number of amides is 1. The highest BCUT2D eigenvalue weighted by molar-refractivity contribution is 7.90. The molecule has 2 bridgehead atoms. The van der Waals surface area contributed by atoms with Crippen LogP contribution in [0.3, 0.4) is 0 Å². The molecule has 7 atom stereocenters. The van der Waals surface area contributed by atoms with Crippen LogP contribution in [0.4, 0.5) is 5.69 Å². The smallest absolute Gasteiger partial charge is 0.264 e. The minimum absolute atomic E-state index is 0.0395. The summed E-state index contributed by atoms with van der Waals surface area (Å²) in [6.45, 7) is 8.28. The molecule has 2 aromatic carbocycles. The van der Waals surface area contributed by atoms with Gasteiger partial charge in [0.2, 0.25) is 10.0 Å². The van der Waals surface area contributed by atoms with Gasteiger partial charge in [0.25, 0.3) is 5.91 Å². The highest BCUT2D eigenvalue weighted by Gasteiger charge is 2.49. The van der Waals surface area contributed by atoms with Gasteiger partial charge in [0, 0.05) is 61.1 Å². The largest absolute Gasteiger partial charge is 0.490 e. The molecule has 2 fully saturated rings. The van der Waals surface area contributed by atoms with Crippen molar-refractivity contribution in [3.8, 4) is 5.75 Å². The number of ether oxygens (including phenoxy) is 2. The molecule has 5 aliphatic rings. The summed E-state index contributed by atoms with van der Waals surface area (Å²) in [4.78, 5) is 22.6. The standard InChI is InChI=1S/C41H52ClN5O6S/c1-28-5-3-14-41(49,25-46-17-18-52-23-34(46)22-45-16-15-43-27-45)36-10-7-32(36)21-47-24-40(13-4-6-30-19-33(42)9-11-35(30)40)26-53-38-12-8-31(20-37(38)47)39(48)44-54(50,51)29(28)2/h3,8-9,11-12,14-16,19-20,27-29,32,34,36,49H,4-7,10,13,17-18,21-26H2,1-2H3,(H,44,48)/t28-,29+,32-,34-,36+,40-,41+/m0/s1. The maximum Gasteiger partial charge on any atom is 0.264 e. The number of nitrogens with one attached hydrogen (secondary N) is 1. The van der Waals surface area contributed by atoms with Crippen molar-refractivity contribution in [3.63, 3.8) is 0 Å². The number of nitrogens with zero attached hydrogens (tertiary/aromatic N) is 4. The number of carbonyl (C=O) groups excluding carboxylic acids is 1. The number of hydrogen-bond donors (Lipinski definition) is 2. The number of benzene rings is 2. The summed E-state index contributed by atoms with van der Waals surface area (Å²) in [5, 5.41) is 12.8. The number of rotatable bonds is 4. The number of fused-ring (bicyclic) bond motifs is 4. The summed E-state index contributed by atoms with van der Waals surface area (Å²) in [7, 11) is -4.01. The van der Waals surface area contributed by atoms with Gasteiger partial charge in [0.15, 0.2) is 0 Å². The molecule has 3 aromatic rings. The van der Waals surface area contributed by atoms with Gasteiger partial charge in [-0.2, -0.15) is 0 Å². The van der Waals surface area contributed by atoms with Crippen molar-refractivity contribution in [2.75, 3.05) is 50.9 Å². The first kappa shape index (κ1) is 37.5. The predicted molar refractivity (Wildman–Crippen MR) is 209 cm³/mol. The number of anilines is 1. The van der Waals surface area contributed by atoms with Crippen LogP contribution in [0.15, 0.2) is 67.3 Å². The maximum atomic E-state index is 13.6. The molecule has 1 aromatic heterocycles. The zero-order valence-corrected chi connectivity index (χ0v) is 32.8. The summed E-state index contributed by atoms with van der Waals surface area (Å²) in [6, 6.07) is 11.5. The number of sulfonamides is 1. The van der Waals surface area contributed by atoms with Crippen LogP contribution in [0, 0.1) is 17.8 Å². The Morgan fingerprint density at radius 2 is 2.02 bits per heavy atom. The molecule has 2 N–H and O–H groups in total. The van der Waals surface area contributed by atoms with Crippen LogP contribution in [-0.4, -0.2) is 96.8 Å². The van der Waals surface area contributed by atoms with Gasteiger partial charge < -0.3 is 24.0 Å². The first-order valence-electron chi connectivity index (χ1n) is 19.5. The van der Waals surface area contributed by atoms with Gasteiger partial charge in [-0.1, -0.05) is 36.7 Å². The van der Waals surface area contributed by atoms with Crippen LogP contribution >= 0.6 is 11.6 Å². The lowest BCUT2D eigenvalue weighted by molar-refractivity contribution is -0.0954. The summed E-state index contributed by atoms with van der Waals surface area (Å²) in [6.07, 6.45) is 14.6. The van der Waals surface area contributed by atoms with E-state index in [2.05, 4.69) is 36.2 Å². The fourth-order valence-electron chi connectivity index (χ4n) is 9.57. The van der Waals surface area contributed by atoms with E-state index in [1.807, 2.05) is 37.7 Å². The molecule has 2 aliphatic carbocycles. The van der Waals surface area contributed by atoms with Gasteiger partial charge in [-0.15, -0.1) is 0 Å².